The van der Waals surface area contributed by atoms with Gasteiger partial charge in [-0.25, -0.2) is 4.98 Å². The summed E-state index contributed by atoms with van der Waals surface area (Å²) in [5.41, 5.74) is 0.723. The van der Waals surface area contributed by atoms with Gasteiger partial charge in [-0.3, -0.25) is 9.78 Å². The second-order valence-electron chi connectivity index (χ2n) is 5.67. The summed E-state index contributed by atoms with van der Waals surface area (Å²) >= 11 is 0. The molecular weight excluding hydrogens is 288 g/mol. The van der Waals surface area contributed by atoms with Crippen LogP contribution in [0.5, 0.6) is 0 Å². The van der Waals surface area contributed by atoms with Crippen LogP contribution in [0.25, 0.3) is 10.8 Å². The number of amides is 1. The number of nitrogens with zero attached hydrogens (tertiary/aromatic N) is 3. The fraction of sp³-hybridized carbons (Fsp3) is 0.167. The third-order valence-corrected chi connectivity index (χ3v) is 4.12. The van der Waals surface area contributed by atoms with Crippen LogP contribution in [0.4, 0.5) is 5.82 Å². The molecule has 1 N–H and O–H groups in total. The van der Waals surface area contributed by atoms with Gasteiger partial charge >= 0.3 is 0 Å². The molecule has 0 aliphatic carbocycles. The van der Waals surface area contributed by atoms with Crippen molar-refractivity contribution in [2.45, 2.75) is 6.04 Å². The van der Waals surface area contributed by atoms with Crippen molar-refractivity contribution in [3.05, 3.63) is 66.6 Å². The second kappa shape index (κ2) is 5.68. The van der Waals surface area contributed by atoms with Crippen molar-refractivity contribution in [3.8, 4) is 0 Å². The Labute approximate surface area is 134 Å². The molecule has 1 aliphatic heterocycles. The average Bonchev–Trinajstić information content (AvgIpc) is 2.58. The van der Waals surface area contributed by atoms with Crippen LogP contribution in [0.3, 0.4) is 0 Å². The summed E-state index contributed by atoms with van der Waals surface area (Å²) in [7, 11) is 0. The average molecular weight is 304 g/mol. The van der Waals surface area contributed by atoms with Crippen molar-refractivity contribution in [1.82, 2.24) is 15.3 Å². The van der Waals surface area contributed by atoms with Crippen LogP contribution >= 0.6 is 0 Å². The molecule has 2 heterocycles. The number of carbonyl (C=O) groups is 1. The zero-order valence-electron chi connectivity index (χ0n) is 12.5. The number of hydrogen-bond donors (Lipinski definition) is 1. The van der Waals surface area contributed by atoms with Gasteiger partial charge in [0.25, 0.3) is 5.91 Å². The second-order valence-corrected chi connectivity index (χ2v) is 5.67. The summed E-state index contributed by atoms with van der Waals surface area (Å²) in [6.07, 6.45) is 5.07. The van der Waals surface area contributed by atoms with Gasteiger partial charge in [0.1, 0.15) is 5.82 Å². The molecule has 0 saturated carbocycles. The highest BCUT2D eigenvalue weighted by atomic mass is 16.1. The highest BCUT2D eigenvalue weighted by molar-refractivity contribution is 6.07. The van der Waals surface area contributed by atoms with E-state index in [0.29, 0.717) is 0 Å². The monoisotopic (exact) mass is 304 g/mol. The van der Waals surface area contributed by atoms with Crippen LogP contribution in [0.2, 0.25) is 0 Å². The Bertz CT molecular complexity index is 839. The third-order valence-electron chi connectivity index (χ3n) is 4.12. The van der Waals surface area contributed by atoms with Crippen LogP contribution < -0.4 is 10.2 Å². The standard InChI is InChI=1S/C18H16N4O/c23-18(16-7-3-5-13-4-1-2-6-15(13)16)21-14-11-22(12-14)17-10-19-8-9-20-17/h1-10,14H,11-12H2,(H,21,23). The number of carbonyl (C=O) groups excluding carboxylic acids is 1. The molecule has 1 saturated heterocycles. The zero-order valence-corrected chi connectivity index (χ0v) is 12.5. The minimum atomic E-state index is -0.0226. The van der Waals surface area contributed by atoms with E-state index in [2.05, 4.69) is 20.2 Å². The Morgan fingerprint density at radius 3 is 2.74 bits per heavy atom. The number of fused-ring (bicyclic) bond motifs is 1. The lowest BCUT2D eigenvalue weighted by atomic mass is 10.0. The van der Waals surface area contributed by atoms with Crippen LogP contribution in [-0.2, 0) is 0 Å². The molecule has 4 rings (SSSR count). The largest absolute Gasteiger partial charge is 0.351 e. The lowest BCUT2D eigenvalue weighted by Gasteiger charge is -2.40. The molecule has 5 heteroatoms. The van der Waals surface area contributed by atoms with Crippen molar-refractivity contribution in [2.24, 2.45) is 0 Å². The summed E-state index contributed by atoms with van der Waals surface area (Å²) < 4.78 is 0. The molecule has 114 valence electrons. The van der Waals surface area contributed by atoms with Crippen LogP contribution in [0, 0.1) is 0 Å². The lowest BCUT2D eigenvalue weighted by molar-refractivity contribution is 0.0932. The van der Waals surface area contributed by atoms with E-state index in [1.165, 1.54) is 0 Å². The van der Waals surface area contributed by atoms with Crippen molar-refractivity contribution in [3.63, 3.8) is 0 Å². The van der Waals surface area contributed by atoms with E-state index in [4.69, 9.17) is 0 Å². The Morgan fingerprint density at radius 1 is 1.09 bits per heavy atom. The molecule has 0 bridgehead atoms. The molecule has 3 aromatic rings. The first-order chi connectivity index (χ1) is 11.3. The molecular formula is C18H16N4O. The Balaban J connectivity index is 1.45. The third kappa shape index (κ3) is 2.61. The zero-order chi connectivity index (χ0) is 15.6. The van der Waals surface area contributed by atoms with Gasteiger partial charge in [-0.15, -0.1) is 0 Å². The van der Waals surface area contributed by atoms with Crippen LogP contribution in [0.15, 0.2) is 61.1 Å². The molecule has 1 aromatic heterocycles. The minimum Gasteiger partial charge on any atom is -0.351 e. The van der Waals surface area contributed by atoms with Gasteiger partial charge in [0.15, 0.2) is 0 Å². The molecule has 2 aromatic carbocycles. The SMILES string of the molecule is O=C(NC1CN(c2cnccn2)C1)c1cccc2ccccc12. The Hall–Kier alpha value is -2.95. The molecule has 23 heavy (non-hydrogen) atoms. The fourth-order valence-electron chi connectivity index (χ4n) is 2.90. The normalized spacial score (nSPS) is 14.5. The maximum Gasteiger partial charge on any atom is 0.252 e. The number of anilines is 1. The van der Waals surface area contributed by atoms with E-state index in [9.17, 15) is 4.79 Å². The molecule has 1 fully saturated rings. The maximum atomic E-state index is 12.5. The van der Waals surface area contributed by atoms with Gasteiger partial charge in [0.05, 0.1) is 12.2 Å². The topological polar surface area (TPSA) is 58.1 Å². The highest BCUT2D eigenvalue weighted by Crippen LogP contribution is 2.20. The first kappa shape index (κ1) is 13.7. The fourth-order valence-corrected chi connectivity index (χ4v) is 2.90. The van der Waals surface area contributed by atoms with Gasteiger partial charge in [-0.1, -0.05) is 36.4 Å². The number of hydrogen-bond acceptors (Lipinski definition) is 4. The van der Waals surface area contributed by atoms with Crippen molar-refractivity contribution in [1.29, 1.82) is 0 Å². The smallest absolute Gasteiger partial charge is 0.252 e. The molecule has 5 nitrogen and oxygen atoms in total. The lowest BCUT2D eigenvalue weighted by Crippen LogP contribution is -2.59. The predicted octanol–water partition coefficient (Wildman–Crippen LogP) is 2.25. The van der Waals surface area contributed by atoms with E-state index >= 15 is 0 Å². The number of nitrogens with one attached hydrogen (secondary N) is 1. The number of rotatable bonds is 3. The first-order valence-corrected chi connectivity index (χ1v) is 7.61. The Morgan fingerprint density at radius 2 is 1.91 bits per heavy atom. The summed E-state index contributed by atoms with van der Waals surface area (Å²) in [4.78, 5) is 23.0. The summed E-state index contributed by atoms with van der Waals surface area (Å²) in [5, 5.41) is 5.16. The van der Waals surface area contributed by atoms with E-state index in [1.807, 2.05) is 42.5 Å². The van der Waals surface area contributed by atoms with Crippen LogP contribution in [0.1, 0.15) is 10.4 Å². The van der Waals surface area contributed by atoms with E-state index in [1.54, 1.807) is 18.6 Å². The molecule has 1 amide bonds. The van der Waals surface area contributed by atoms with Gasteiger partial charge < -0.3 is 10.2 Å². The number of benzene rings is 2. The van der Waals surface area contributed by atoms with Gasteiger partial charge in [-0.2, -0.15) is 0 Å². The Kier molecular flexibility index (Phi) is 3.38. The van der Waals surface area contributed by atoms with E-state index in [-0.39, 0.29) is 11.9 Å². The predicted molar refractivity (Wildman–Crippen MR) is 89.4 cm³/mol. The minimum absolute atomic E-state index is 0.0226. The van der Waals surface area contributed by atoms with Crippen molar-refractivity contribution >= 4 is 22.5 Å². The van der Waals surface area contributed by atoms with Gasteiger partial charge in [0.2, 0.25) is 0 Å². The summed E-state index contributed by atoms with van der Waals surface area (Å²) in [6.45, 7) is 1.52. The quantitative estimate of drug-likeness (QED) is 0.806. The van der Waals surface area contributed by atoms with E-state index in [0.717, 1.165) is 35.2 Å². The summed E-state index contributed by atoms with van der Waals surface area (Å²) in [5.74, 6) is 0.828. The highest BCUT2D eigenvalue weighted by Gasteiger charge is 2.29. The van der Waals surface area contributed by atoms with Gasteiger partial charge in [-0.05, 0) is 16.8 Å². The molecule has 0 unspecified atom stereocenters. The molecule has 0 spiro atoms. The van der Waals surface area contributed by atoms with E-state index < -0.39 is 0 Å². The first-order valence-electron chi connectivity index (χ1n) is 7.61. The van der Waals surface area contributed by atoms with Gasteiger partial charge in [0, 0.05) is 31.0 Å². The van der Waals surface area contributed by atoms with Crippen molar-refractivity contribution in [2.75, 3.05) is 18.0 Å². The molecule has 1 aliphatic rings. The van der Waals surface area contributed by atoms with Crippen LogP contribution in [-0.4, -0.2) is 35.0 Å². The molecule has 0 radical (unpaired) electrons. The summed E-state index contributed by atoms with van der Waals surface area (Å²) in [6, 6.07) is 13.9. The maximum absolute atomic E-state index is 12.5. The number of aromatic nitrogens is 2. The van der Waals surface area contributed by atoms with Crippen molar-refractivity contribution < 1.29 is 4.79 Å². The molecule has 0 atom stereocenters.